The van der Waals surface area contributed by atoms with Gasteiger partial charge in [-0.25, -0.2) is 0 Å². The van der Waals surface area contributed by atoms with Gasteiger partial charge in [-0.2, -0.15) is 0 Å². The molecule has 0 saturated heterocycles. The van der Waals surface area contributed by atoms with Gasteiger partial charge < -0.3 is 4.90 Å². The molecule has 0 radical (unpaired) electrons. The molecule has 2 heteroatoms. The Kier molecular flexibility index (Phi) is 5.74. The molecule has 1 aliphatic heterocycles. The maximum Gasteiger partial charge on any atom is 0.0432 e. The summed E-state index contributed by atoms with van der Waals surface area (Å²) in [6.07, 6.45) is 8.33. The van der Waals surface area contributed by atoms with Crippen molar-refractivity contribution >= 4 is 23.5 Å². The van der Waals surface area contributed by atoms with E-state index < -0.39 is 0 Å². The topological polar surface area (TPSA) is 3.24 Å². The van der Waals surface area contributed by atoms with Gasteiger partial charge in [0.1, 0.15) is 0 Å². The highest BCUT2D eigenvalue weighted by molar-refractivity contribution is 8.03. The second-order valence-corrected chi connectivity index (χ2v) is 9.87. The molecule has 1 fully saturated rings. The van der Waals surface area contributed by atoms with Crippen LogP contribution >= 0.6 is 11.8 Å². The first kappa shape index (κ1) is 20.2. The van der Waals surface area contributed by atoms with Crippen molar-refractivity contribution in [2.24, 2.45) is 0 Å². The van der Waals surface area contributed by atoms with Gasteiger partial charge >= 0.3 is 0 Å². The molecular formula is C29H29NS. The first-order valence-electron chi connectivity index (χ1n) is 11.2. The second kappa shape index (κ2) is 8.80. The number of benzene rings is 3. The Hall–Kier alpha value is -2.71. The molecule has 156 valence electrons. The van der Waals surface area contributed by atoms with Crippen molar-refractivity contribution < 1.29 is 0 Å². The van der Waals surface area contributed by atoms with Crippen LogP contribution in [0.1, 0.15) is 47.4 Å². The van der Waals surface area contributed by atoms with Crippen molar-refractivity contribution in [3.05, 3.63) is 113 Å². The summed E-state index contributed by atoms with van der Waals surface area (Å²) in [7, 11) is 0. The van der Waals surface area contributed by atoms with Crippen molar-refractivity contribution in [2.75, 3.05) is 4.90 Å². The summed E-state index contributed by atoms with van der Waals surface area (Å²) >= 11 is 1.74. The summed E-state index contributed by atoms with van der Waals surface area (Å²) in [6.45, 7) is 7.42. The minimum atomic E-state index is 0.654. The molecule has 0 spiro atoms. The van der Waals surface area contributed by atoms with Crippen LogP contribution in [0.25, 0.3) is 6.08 Å². The molecule has 2 atom stereocenters. The van der Waals surface area contributed by atoms with Gasteiger partial charge in [-0.15, -0.1) is 0 Å². The fourth-order valence-corrected chi connectivity index (χ4v) is 5.90. The van der Waals surface area contributed by atoms with Crippen molar-refractivity contribution in [3.8, 4) is 0 Å². The highest BCUT2D eigenvalue weighted by atomic mass is 32.2. The Morgan fingerprint density at radius 1 is 1.03 bits per heavy atom. The number of anilines is 1. The van der Waals surface area contributed by atoms with Crippen LogP contribution in [0.5, 0.6) is 0 Å². The molecule has 2 aliphatic rings. The molecule has 3 aromatic rings. The Balaban J connectivity index is 1.35. The lowest BCUT2D eigenvalue weighted by molar-refractivity contribution is 0.589. The number of fused-ring (bicyclic) bond motifs is 3. The molecule has 31 heavy (non-hydrogen) atoms. The zero-order valence-corrected chi connectivity index (χ0v) is 18.9. The molecule has 2 unspecified atom stereocenters. The number of hydrogen-bond donors (Lipinski definition) is 0. The summed E-state index contributed by atoms with van der Waals surface area (Å²) in [5.41, 5.74) is 6.94. The Morgan fingerprint density at radius 2 is 1.84 bits per heavy atom. The van der Waals surface area contributed by atoms with Crippen LogP contribution in [0.15, 0.2) is 95.3 Å². The van der Waals surface area contributed by atoms with Gasteiger partial charge in [0, 0.05) is 34.0 Å². The number of thioether (sulfide) groups is 1. The first-order chi connectivity index (χ1) is 15.2. The highest BCUT2D eigenvalue weighted by Crippen LogP contribution is 2.50. The van der Waals surface area contributed by atoms with Gasteiger partial charge in [-0.1, -0.05) is 85.4 Å². The molecule has 1 heterocycles. The quantitative estimate of drug-likeness (QED) is 0.292. The Bertz CT molecular complexity index is 1110. The zero-order chi connectivity index (χ0) is 21.2. The predicted molar refractivity (Wildman–Crippen MR) is 135 cm³/mol. The molecule has 0 N–H and O–H groups in total. The summed E-state index contributed by atoms with van der Waals surface area (Å²) in [6, 6.07) is 27.1. The molecule has 1 nitrogen and oxygen atoms in total. The predicted octanol–water partition coefficient (Wildman–Crippen LogP) is 7.97. The molecular weight excluding hydrogens is 394 g/mol. The van der Waals surface area contributed by atoms with Crippen LogP contribution in [-0.4, -0.2) is 6.04 Å². The SMILES string of the molecule is C=C(/C=C/c1ccc2c(c1)C1CCCC1N2Cc1ccccc1)Sc1ccccc1C. The van der Waals surface area contributed by atoms with Gasteiger partial charge in [0.25, 0.3) is 0 Å². The van der Waals surface area contributed by atoms with E-state index in [1.165, 1.54) is 52.1 Å². The smallest absolute Gasteiger partial charge is 0.0432 e. The monoisotopic (exact) mass is 423 g/mol. The number of aryl methyl sites for hydroxylation is 1. The Labute approximate surface area is 190 Å². The molecule has 5 rings (SSSR count). The number of allylic oxidation sites excluding steroid dienone is 1. The molecule has 3 aromatic carbocycles. The van der Waals surface area contributed by atoms with Crippen LogP contribution in [0.2, 0.25) is 0 Å². The van der Waals surface area contributed by atoms with Gasteiger partial charge in [0.15, 0.2) is 0 Å². The van der Waals surface area contributed by atoms with Crippen molar-refractivity contribution in [3.63, 3.8) is 0 Å². The molecule has 1 aliphatic carbocycles. The molecule has 0 bridgehead atoms. The number of hydrogen-bond acceptors (Lipinski definition) is 2. The summed E-state index contributed by atoms with van der Waals surface area (Å²) < 4.78 is 0. The maximum atomic E-state index is 4.26. The van der Waals surface area contributed by atoms with E-state index in [1.54, 1.807) is 11.8 Å². The average molecular weight is 424 g/mol. The largest absolute Gasteiger partial charge is 0.363 e. The molecule has 1 saturated carbocycles. The van der Waals surface area contributed by atoms with E-state index in [-0.39, 0.29) is 0 Å². The van der Waals surface area contributed by atoms with Crippen molar-refractivity contribution in [1.29, 1.82) is 0 Å². The lowest BCUT2D eigenvalue weighted by Gasteiger charge is -2.27. The molecule has 0 amide bonds. The minimum Gasteiger partial charge on any atom is -0.363 e. The lowest BCUT2D eigenvalue weighted by atomic mass is 9.96. The normalized spacial score (nSPS) is 19.6. The van der Waals surface area contributed by atoms with Gasteiger partial charge in [0.05, 0.1) is 0 Å². The fourth-order valence-electron chi connectivity index (χ4n) is 5.11. The van der Waals surface area contributed by atoms with E-state index in [0.29, 0.717) is 12.0 Å². The summed E-state index contributed by atoms with van der Waals surface area (Å²) in [5, 5.41) is 0. The van der Waals surface area contributed by atoms with Gasteiger partial charge in [-0.3, -0.25) is 0 Å². The van der Waals surface area contributed by atoms with E-state index in [1.807, 2.05) is 0 Å². The average Bonchev–Trinajstić information content (AvgIpc) is 3.37. The van der Waals surface area contributed by atoms with Crippen LogP contribution in [0, 0.1) is 6.92 Å². The third-order valence-electron chi connectivity index (χ3n) is 6.63. The van der Waals surface area contributed by atoms with Crippen molar-refractivity contribution in [2.45, 2.75) is 49.6 Å². The van der Waals surface area contributed by atoms with Crippen LogP contribution in [-0.2, 0) is 6.54 Å². The zero-order valence-electron chi connectivity index (χ0n) is 18.1. The lowest BCUT2D eigenvalue weighted by Crippen LogP contribution is -2.30. The van der Waals surface area contributed by atoms with Crippen LogP contribution in [0.3, 0.4) is 0 Å². The van der Waals surface area contributed by atoms with Crippen molar-refractivity contribution in [1.82, 2.24) is 0 Å². The maximum absolute atomic E-state index is 4.26. The van der Waals surface area contributed by atoms with Crippen LogP contribution < -0.4 is 4.90 Å². The molecule has 0 aromatic heterocycles. The third-order valence-corrected chi connectivity index (χ3v) is 7.71. The summed E-state index contributed by atoms with van der Waals surface area (Å²) in [5.74, 6) is 0.677. The van der Waals surface area contributed by atoms with E-state index in [2.05, 4.69) is 103 Å². The highest BCUT2D eigenvalue weighted by Gasteiger charge is 2.41. The third kappa shape index (κ3) is 4.22. The van der Waals surface area contributed by atoms with E-state index in [4.69, 9.17) is 0 Å². The number of rotatable bonds is 6. The van der Waals surface area contributed by atoms with E-state index in [0.717, 1.165) is 11.4 Å². The minimum absolute atomic E-state index is 0.654. The standard InChI is InChI=1S/C29H29NS/c1-21-9-6-7-14-29(21)31-22(2)15-16-23-17-18-28-26(19-23)25-12-8-13-27(25)30(28)20-24-10-4-3-5-11-24/h3-7,9-11,14-19,25,27H,2,8,12-13,20H2,1H3/b16-15+. The van der Waals surface area contributed by atoms with E-state index >= 15 is 0 Å². The Morgan fingerprint density at radius 3 is 2.68 bits per heavy atom. The number of nitrogens with zero attached hydrogens (tertiary/aromatic N) is 1. The fraction of sp³-hybridized carbons (Fsp3) is 0.241. The van der Waals surface area contributed by atoms with Gasteiger partial charge in [-0.05, 0) is 66.3 Å². The van der Waals surface area contributed by atoms with Gasteiger partial charge in [0.2, 0.25) is 0 Å². The second-order valence-electron chi connectivity index (χ2n) is 8.70. The van der Waals surface area contributed by atoms with E-state index in [9.17, 15) is 0 Å². The first-order valence-corrected chi connectivity index (χ1v) is 12.1. The van der Waals surface area contributed by atoms with Crippen LogP contribution in [0.4, 0.5) is 5.69 Å². The summed E-state index contributed by atoms with van der Waals surface area (Å²) in [4.78, 5) is 5.00.